The van der Waals surface area contributed by atoms with Gasteiger partial charge in [-0.1, -0.05) is 6.07 Å². The number of fused-ring (bicyclic) bond motifs is 9. The second-order valence-electron chi connectivity index (χ2n) is 16.7. The molecule has 10 heterocycles. The number of benzene rings is 1. The van der Waals surface area contributed by atoms with Crippen molar-refractivity contribution in [2.24, 2.45) is 0 Å². The van der Waals surface area contributed by atoms with Crippen LogP contribution in [-0.2, 0) is 20.9 Å². The van der Waals surface area contributed by atoms with E-state index in [0.717, 1.165) is 42.2 Å². The highest BCUT2D eigenvalue weighted by Gasteiger charge is 2.49. The van der Waals surface area contributed by atoms with Crippen molar-refractivity contribution in [2.75, 3.05) is 48.9 Å². The van der Waals surface area contributed by atoms with Crippen molar-refractivity contribution in [2.45, 2.75) is 81.9 Å². The normalized spacial score (nSPS) is 24.4. The van der Waals surface area contributed by atoms with Gasteiger partial charge in [0.2, 0.25) is 17.8 Å². The second-order valence-corrected chi connectivity index (χ2v) is 16.7. The summed E-state index contributed by atoms with van der Waals surface area (Å²) in [4.78, 5) is 61.0. The lowest BCUT2D eigenvalue weighted by Crippen LogP contribution is -2.58. The Balaban J connectivity index is 1.03. The lowest BCUT2D eigenvalue weighted by atomic mass is 9.92. The van der Waals surface area contributed by atoms with Gasteiger partial charge < -0.3 is 34.2 Å². The zero-order valence-corrected chi connectivity index (χ0v) is 33.4. The summed E-state index contributed by atoms with van der Waals surface area (Å²) in [5.74, 6) is 0.709. The number of aryl methyl sites for hydroxylation is 1. The van der Waals surface area contributed by atoms with Gasteiger partial charge in [-0.15, -0.1) is 0 Å². The molecule has 0 unspecified atom stereocenters. The van der Waals surface area contributed by atoms with Crippen molar-refractivity contribution in [1.29, 1.82) is 0 Å². The van der Waals surface area contributed by atoms with Crippen LogP contribution in [-0.4, -0.2) is 131 Å². The average Bonchev–Trinajstić information content (AvgIpc) is 3.82. The zero-order chi connectivity index (χ0) is 41.0. The van der Waals surface area contributed by atoms with E-state index in [0.29, 0.717) is 72.5 Å². The van der Waals surface area contributed by atoms with Gasteiger partial charge in [-0.3, -0.25) is 14.6 Å². The Labute approximate surface area is 343 Å². The first kappa shape index (κ1) is 36.8. The molecule has 5 atom stereocenters. The fourth-order valence-corrected chi connectivity index (χ4v) is 9.74. The van der Waals surface area contributed by atoms with Crippen LogP contribution in [0.15, 0.2) is 54.9 Å². The van der Waals surface area contributed by atoms with E-state index in [-0.39, 0.29) is 48.2 Å². The van der Waals surface area contributed by atoms with Crippen molar-refractivity contribution in [3.8, 4) is 17.1 Å². The number of ether oxygens (including phenoxy) is 1. The molecule has 308 valence electrons. The number of imidazole rings is 1. The quantitative estimate of drug-likeness (QED) is 0.267. The van der Waals surface area contributed by atoms with Crippen LogP contribution in [0.5, 0.6) is 0 Å². The molecule has 4 saturated heterocycles. The summed E-state index contributed by atoms with van der Waals surface area (Å²) in [5.41, 5.74) is 3.32. The average molecular weight is 816 g/mol. The Morgan fingerprint density at radius 1 is 0.900 bits per heavy atom. The minimum absolute atomic E-state index is 0.00860. The largest absolute Gasteiger partial charge is 0.378 e. The molecule has 5 fully saturated rings. The van der Waals surface area contributed by atoms with Crippen molar-refractivity contribution in [3.05, 3.63) is 72.3 Å². The van der Waals surface area contributed by atoms with Crippen LogP contribution in [0.25, 0.3) is 39.1 Å². The van der Waals surface area contributed by atoms with Gasteiger partial charge in [-0.05, 0) is 62.9 Å². The van der Waals surface area contributed by atoms with Crippen LogP contribution in [0, 0.1) is 18.6 Å². The molecular formula is C42H43F2N13O3. The molecule has 1 aliphatic carbocycles. The first-order valence-corrected chi connectivity index (χ1v) is 20.5. The molecule has 6 aliphatic rings. The minimum Gasteiger partial charge on any atom is -0.378 e. The van der Waals surface area contributed by atoms with Gasteiger partial charge >= 0.3 is 0 Å². The van der Waals surface area contributed by atoms with Crippen LogP contribution >= 0.6 is 0 Å². The molecule has 1 saturated carbocycles. The van der Waals surface area contributed by atoms with Gasteiger partial charge in [0.25, 0.3) is 0 Å². The fourth-order valence-electron chi connectivity index (χ4n) is 9.74. The SMILES string of the molecule is CO[C@H]1CN(C)C(=O)[C@@H]2C[C@@H](CN2c2nc(N3[C@@H]4CC(=O)N(C5CC5)C[C@H]3C4)nc3c2cnn3-c2ccc(F)cc2F)Nc2cccc(n2)-c2nccc3nc(C)n(c23)C1. The Hall–Kier alpha value is -6.30. The van der Waals surface area contributed by atoms with Crippen molar-refractivity contribution in [3.63, 3.8) is 0 Å². The van der Waals surface area contributed by atoms with Crippen LogP contribution < -0.4 is 15.1 Å². The van der Waals surface area contributed by atoms with Gasteiger partial charge in [0.15, 0.2) is 11.5 Å². The lowest BCUT2D eigenvalue weighted by molar-refractivity contribution is -0.133. The fraction of sp³-hybridized carbons (Fsp3) is 0.429. The molecule has 5 aliphatic heterocycles. The number of nitrogens with zero attached hydrogens (tertiary/aromatic N) is 12. The summed E-state index contributed by atoms with van der Waals surface area (Å²) >= 11 is 0. The third kappa shape index (κ3) is 6.01. The van der Waals surface area contributed by atoms with E-state index in [4.69, 9.17) is 29.7 Å². The summed E-state index contributed by atoms with van der Waals surface area (Å²) < 4.78 is 39.1. The zero-order valence-electron chi connectivity index (χ0n) is 33.4. The number of carbonyl (C=O) groups is 2. The molecule has 5 aromatic heterocycles. The maximum absolute atomic E-state index is 15.5. The highest BCUT2D eigenvalue weighted by molar-refractivity contribution is 5.94. The van der Waals surface area contributed by atoms with E-state index < -0.39 is 23.8 Å². The van der Waals surface area contributed by atoms with Gasteiger partial charge in [-0.2, -0.15) is 15.1 Å². The number of hydrogen-bond acceptors (Lipinski definition) is 12. The topological polar surface area (TPSA) is 156 Å². The second kappa shape index (κ2) is 13.9. The van der Waals surface area contributed by atoms with E-state index >= 15 is 4.39 Å². The van der Waals surface area contributed by atoms with Crippen LogP contribution in [0.3, 0.4) is 0 Å². The molecule has 6 aromatic rings. The standard InChI is InChI=1S/C42H43F2N13O3/c1-22-47-32-11-12-45-37-31-5-4-6-35(49-31)48-24-14-34(41(59)52(2)20-28(60-3)21-53(22)38(32)37)55(18-24)39-29-17-46-57(33-10-7-23(43)13-30(33)44)40(29)51-42(50-39)56-26-15-27(56)19-54(25-8-9-25)36(58)16-26/h4-7,10-13,17,24-28,34H,8-9,14-16,18-21H2,1-3H3,(H,48,49)/t24-,26-,27+,28-,34-/m0/s1. The number of anilines is 3. The third-order valence-corrected chi connectivity index (χ3v) is 12.8. The number of hydrogen-bond donors (Lipinski definition) is 1. The molecule has 16 nitrogen and oxygen atoms in total. The molecule has 6 bridgehead atoms. The maximum atomic E-state index is 15.5. The van der Waals surface area contributed by atoms with Crippen LogP contribution in [0.4, 0.5) is 26.4 Å². The van der Waals surface area contributed by atoms with E-state index in [1.807, 2.05) is 41.0 Å². The number of halogens is 2. The third-order valence-electron chi connectivity index (χ3n) is 12.8. The smallest absolute Gasteiger partial charge is 0.245 e. The number of nitrogens with one attached hydrogen (secondary N) is 1. The Kier molecular flexibility index (Phi) is 8.51. The number of pyridine rings is 2. The van der Waals surface area contributed by atoms with Gasteiger partial charge in [0, 0.05) is 70.6 Å². The van der Waals surface area contributed by atoms with Gasteiger partial charge in [0.05, 0.1) is 47.0 Å². The summed E-state index contributed by atoms with van der Waals surface area (Å²) in [5, 5.41) is 8.70. The maximum Gasteiger partial charge on any atom is 0.245 e. The Bertz CT molecular complexity index is 2720. The number of methoxy groups -OCH3 is 1. The lowest BCUT2D eigenvalue weighted by Gasteiger charge is -2.47. The van der Waals surface area contributed by atoms with E-state index in [9.17, 15) is 14.0 Å². The van der Waals surface area contributed by atoms with E-state index in [1.165, 1.54) is 16.8 Å². The highest BCUT2D eigenvalue weighted by atomic mass is 19.1. The molecule has 1 N–H and O–H groups in total. The summed E-state index contributed by atoms with van der Waals surface area (Å²) in [6.45, 7) is 3.57. The van der Waals surface area contributed by atoms with Gasteiger partial charge in [-0.25, -0.2) is 23.4 Å². The van der Waals surface area contributed by atoms with Crippen LogP contribution in [0.1, 0.15) is 37.9 Å². The summed E-state index contributed by atoms with van der Waals surface area (Å²) in [6, 6.07) is 10.2. The number of carbonyl (C=O) groups excluding carboxylic acids is 2. The predicted octanol–water partition coefficient (Wildman–Crippen LogP) is 4.10. The predicted molar refractivity (Wildman–Crippen MR) is 218 cm³/mol. The van der Waals surface area contributed by atoms with Crippen molar-refractivity contribution in [1.82, 2.24) is 49.1 Å². The summed E-state index contributed by atoms with van der Waals surface area (Å²) in [6.07, 6.45) is 6.49. The molecule has 1 aromatic carbocycles. The summed E-state index contributed by atoms with van der Waals surface area (Å²) in [7, 11) is 3.43. The molecule has 12 rings (SSSR count). The minimum atomic E-state index is -0.801. The number of amides is 2. The molecule has 60 heavy (non-hydrogen) atoms. The molecule has 0 spiro atoms. The first-order valence-electron chi connectivity index (χ1n) is 20.5. The molecule has 0 radical (unpaired) electrons. The molecule has 18 heteroatoms. The highest BCUT2D eigenvalue weighted by Crippen LogP contribution is 2.42. The van der Waals surface area contributed by atoms with E-state index in [1.54, 1.807) is 31.5 Å². The first-order chi connectivity index (χ1) is 29.1. The molecule has 2 amide bonds. The monoisotopic (exact) mass is 815 g/mol. The van der Waals surface area contributed by atoms with Crippen molar-refractivity contribution < 1.29 is 23.1 Å². The Morgan fingerprint density at radius 2 is 1.77 bits per heavy atom. The van der Waals surface area contributed by atoms with Crippen LogP contribution in [0.2, 0.25) is 0 Å². The van der Waals surface area contributed by atoms with E-state index in [2.05, 4.69) is 19.9 Å². The Morgan fingerprint density at radius 3 is 2.58 bits per heavy atom. The van der Waals surface area contributed by atoms with Crippen molar-refractivity contribution >= 4 is 51.5 Å². The number of aromatic nitrogens is 8. The number of likely N-dealkylation sites (N-methyl/N-ethyl adjacent to an activating group) is 1. The molecular weight excluding hydrogens is 773 g/mol. The number of rotatable bonds is 5. The van der Waals surface area contributed by atoms with Gasteiger partial charge in [0.1, 0.15) is 40.7 Å².